The van der Waals surface area contributed by atoms with E-state index in [2.05, 4.69) is 12.2 Å². The van der Waals surface area contributed by atoms with Gasteiger partial charge in [0.25, 0.3) is 0 Å². The van der Waals surface area contributed by atoms with Gasteiger partial charge in [0.2, 0.25) is 5.91 Å². The van der Waals surface area contributed by atoms with Gasteiger partial charge >= 0.3 is 0 Å². The molecule has 0 bridgehead atoms. The number of hydrogen-bond donors (Lipinski definition) is 1. The molecule has 1 amide bonds. The molecule has 0 aromatic carbocycles. The van der Waals surface area contributed by atoms with Gasteiger partial charge in [-0.25, -0.2) is 0 Å². The number of hydrogen-bond acceptors (Lipinski definition) is 4. The van der Waals surface area contributed by atoms with E-state index in [9.17, 15) is 4.79 Å². The first-order valence-electron chi connectivity index (χ1n) is 8.41. The van der Waals surface area contributed by atoms with Gasteiger partial charge in [-0.1, -0.05) is 0 Å². The van der Waals surface area contributed by atoms with Crippen LogP contribution in [0.1, 0.15) is 39.0 Å². The Balaban J connectivity index is 1.65. The first-order valence-corrected chi connectivity index (χ1v) is 8.41. The molecule has 0 radical (unpaired) electrons. The summed E-state index contributed by atoms with van der Waals surface area (Å²) in [5.41, 5.74) is -0.253. The molecule has 0 aromatic heterocycles. The van der Waals surface area contributed by atoms with E-state index < -0.39 is 0 Å². The lowest BCUT2D eigenvalue weighted by molar-refractivity contribution is -0.143. The van der Waals surface area contributed by atoms with Crippen LogP contribution < -0.4 is 5.32 Å². The first-order chi connectivity index (χ1) is 10.2. The highest BCUT2D eigenvalue weighted by molar-refractivity contribution is 5.83. The van der Waals surface area contributed by atoms with Gasteiger partial charge in [-0.3, -0.25) is 4.79 Å². The summed E-state index contributed by atoms with van der Waals surface area (Å²) in [7, 11) is 0. The fourth-order valence-corrected chi connectivity index (χ4v) is 3.69. The predicted octanol–water partition coefficient (Wildman–Crippen LogP) is 1.17. The average Bonchev–Trinajstić information content (AvgIpc) is 3.20. The molecule has 0 saturated carbocycles. The summed E-state index contributed by atoms with van der Waals surface area (Å²) in [5, 5.41) is 3.33. The number of nitrogens with one attached hydrogen (secondary N) is 1. The van der Waals surface area contributed by atoms with Crippen molar-refractivity contribution in [2.45, 2.75) is 51.2 Å². The quantitative estimate of drug-likeness (QED) is 0.827. The van der Waals surface area contributed by atoms with Gasteiger partial charge < -0.3 is 19.7 Å². The van der Waals surface area contributed by atoms with E-state index in [1.165, 1.54) is 0 Å². The molecular formula is C16H28N2O3. The monoisotopic (exact) mass is 296 g/mol. The Morgan fingerprint density at radius 2 is 1.81 bits per heavy atom. The zero-order valence-electron chi connectivity index (χ0n) is 13.1. The van der Waals surface area contributed by atoms with Gasteiger partial charge in [0, 0.05) is 32.8 Å². The summed E-state index contributed by atoms with van der Waals surface area (Å²) in [5.74, 6) is 0.276. The normalized spacial score (nSPS) is 36.2. The van der Waals surface area contributed by atoms with Crippen molar-refractivity contribution in [1.29, 1.82) is 0 Å². The van der Waals surface area contributed by atoms with E-state index in [4.69, 9.17) is 9.47 Å². The van der Waals surface area contributed by atoms with Crippen LogP contribution in [0.15, 0.2) is 0 Å². The third-order valence-corrected chi connectivity index (χ3v) is 5.07. The smallest absolute Gasteiger partial charge is 0.230 e. The second-order valence-corrected chi connectivity index (χ2v) is 6.97. The number of nitrogens with zero attached hydrogens (tertiary/aromatic N) is 1. The first kappa shape index (κ1) is 15.3. The van der Waals surface area contributed by atoms with Crippen LogP contribution in [0.3, 0.4) is 0 Å². The molecule has 5 heteroatoms. The standard InChI is InChI=1S/C16H28N2O3/c1-16(6-7-17-12-16)15(19)18(10-13-4-2-8-20-13)11-14-5-3-9-21-14/h13-14,17H,2-12H2,1H3. The number of amides is 1. The Bertz CT molecular complexity index is 339. The summed E-state index contributed by atoms with van der Waals surface area (Å²) >= 11 is 0. The Morgan fingerprint density at radius 1 is 1.19 bits per heavy atom. The summed E-state index contributed by atoms with van der Waals surface area (Å²) in [6.07, 6.45) is 5.74. The van der Waals surface area contributed by atoms with E-state index in [-0.39, 0.29) is 23.5 Å². The van der Waals surface area contributed by atoms with Crippen LogP contribution in [-0.2, 0) is 14.3 Å². The molecule has 0 aliphatic carbocycles. The minimum absolute atomic E-state index is 0.216. The maximum absolute atomic E-state index is 13.0. The van der Waals surface area contributed by atoms with Gasteiger partial charge in [0.05, 0.1) is 17.6 Å². The highest BCUT2D eigenvalue weighted by Crippen LogP contribution is 2.29. The van der Waals surface area contributed by atoms with Crippen molar-refractivity contribution in [3.8, 4) is 0 Å². The lowest BCUT2D eigenvalue weighted by atomic mass is 9.87. The van der Waals surface area contributed by atoms with Gasteiger partial charge in [-0.05, 0) is 45.6 Å². The number of carbonyl (C=O) groups excluding carboxylic acids is 1. The van der Waals surface area contributed by atoms with Crippen LogP contribution in [0.25, 0.3) is 0 Å². The highest BCUT2D eigenvalue weighted by atomic mass is 16.5. The van der Waals surface area contributed by atoms with E-state index in [1.807, 2.05) is 4.90 Å². The lowest BCUT2D eigenvalue weighted by Gasteiger charge is -2.34. The molecule has 3 aliphatic rings. The zero-order valence-corrected chi connectivity index (χ0v) is 13.1. The second kappa shape index (κ2) is 6.63. The largest absolute Gasteiger partial charge is 0.376 e. The van der Waals surface area contributed by atoms with E-state index in [0.717, 1.165) is 71.5 Å². The maximum Gasteiger partial charge on any atom is 0.230 e. The molecule has 5 nitrogen and oxygen atoms in total. The van der Waals surface area contributed by atoms with Crippen molar-refractivity contribution in [2.75, 3.05) is 39.4 Å². The van der Waals surface area contributed by atoms with E-state index >= 15 is 0 Å². The molecule has 3 atom stereocenters. The Hall–Kier alpha value is -0.650. The summed E-state index contributed by atoms with van der Waals surface area (Å²) in [6, 6.07) is 0. The van der Waals surface area contributed by atoms with Crippen molar-refractivity contribution in [3.05, 3.63) is 0 Å². The van der Waals surface area contributed by atoms with Gasteiger partial charge in [-0.15, -0.1) is 0 Å². The Kier molecular flexibility index (Phi) is 4.82. The zero-order chi connectivity index (χ0) is 14.7. The molecule has 1 N–H and O–H groups in total. The molecule has 120 valence electrons. The highest BCUT2D eigenvalue weighted by Gasteiger charge is 2.40. The van der Waals surface area contributed by atoms with Gasteiger partial charge in [-0.2, -0.15) is 0 Å². The molecule has 21 heavy (non-hydrogen) atoms. The van der Waals surface area contributed by atoms with Crippen molar-refractivity contribution < 1.29 is 14.3 Å². The molecule has 3 rings (SSSR count). The molecule has 3 aliphatic heterocycles. The summed E-state index contributed by atoms with van der Waals surface area (Å²) in [4.78, 5) is 15.0. The van der Waals surface area contributed by atoms with Crippen molar-refractivity contribution in [2.24, 2.45) is 5.41 Å². The topological polar surface area (TPSA) is 50.8 Å². The van der Waals surface area contributed by atoms with Crippen LogP contribution in [0.5, 0.6) is 0 Å². The Labute approximate surface area is 127 Å². The SMILES string of the molecule is CC1(C(=O)N(CC2CCCO2)CC2CCCO2)CCNC1. The van der Waals surface area contributed by atoms with Crippen LogP contribution in [0.4, 0.5) is 0 Å². The molecule has 3 heterocycles. The minimum Gasteiger partial charge on any atom is -0.376 e. The fourth-order valence-electron chi connectivity index (χ4n) is 3.69. The molecule has 0 aromatic rings. The molecular weight excluding hydrogens is 268 g/mol. The molecule has 3 saturated heterocycles. The van der Waals surface area contributed by atoms with Gasteiger partial charge in [0.15, 0.2) is 0 Å². The predicted molar refractivity (Wildman–Crippen MR) is 80.1 cm³/mol. The third kappa shape index (κ3) is 3.58. The Morgan fingerprint density at radius 3 is 2.24 bits per heavy atom. The number of ether oxygens (including phenoxy) is 2. The van der Waals surface area contributed by atoms with Crippen molar-refractivity contribution in [3.63, 3.8) is 0 Å². The van der Waals surface area contributed by atoms with Crippen molar-refractivity contribution >= 4 is 5.91 Å². The van der Waals surface area contributed by atoms with E-state index in [0.29, 0.717) is 0 Å². The lowest BCUT2D eigenvalue weighted by Crippen LogP contribution is -2.49. The van der Waals surface area contributed by atoms with E-state index in [1.54, 1.807) is 0 Å². The summed E-state index contributed by atoms with van der Waals surface area (Å²) < 4.78 is 11.5. The maximum atomic E-state index is 13.0. The molecule has 3 fully saturated rings. The summed E-state index contributed by atoms with van der Waals surface area (Å²) in [6.45, 7) is 6.96. The minimum atomic E-state index is -0.253. The van der Waals surface area contributed by atoms with Crippen molar-refractivity contribution in [1.82, 2.24) is 10.2 Å². The second-order valence-electron chi connectivity index (χ2n) is 6.97. The van der Waals surface area contributed by atoms with Crippen LogP contribution in [0, 0.1) is 5.41 Å². The number of rotatable bonds is 5. The van der Waals surface area contributed by atoms with Gasteiger partial charge in [0.1, 0.15) is 0 Å². The third-order valence-electron chi connectivity index (χ3n) is 5.07. The fraction of sp³-hybridized carbons (Fsp3) is 0.938. The van der Waals surface area contributed by atoms with Crippen LogP contribution in [0.2, 0.25) is 0 Å². The van der Waals surface area contributed by atoms with Crippen LogP contribution >= 0.6 is 0 Å². The van der Waals surface area contributed by atoms with Crippen LogP contribution in [-0.4, -0.2) is 62.4 Å². The number of carbonyl (C=O) groups is 1. The average molecular weight is 296 g/mol. The molecule has 3 unspecified atom stereocenters. The molecule has 0 spiro atoms.